The molecule has 2 rings (SSSR count). The average molecular weight is 238 g/mol. The van der Waals surface area contributed by atoms with E-state index in [1.54, 1.807) is 7.05 Å². The Balaban J connectivity index is 2.29. The van der Waals surface area contributed by atoms with Gasteiger partial charge in [-0.1, -0.05) is 0 Å². The van der Waals surface area contributed by atoms with Gasteiger partial charge in [0.05, 0.1) is 6.10 Å². The van der Waals surface area contributed by atoms with Crippen LogP contribution in [-0.4, -0.2) is 60.4 Å². The predicted octanol–water partition coefficient (Wildman–Crippen LogP) is -0.450. The van der Waals surface area contributed by atoms with Crippen LogP contribution in [0.15, 0.2) is 0 Å². The summed E-state index contributed by atoms with van der Waals surface area (Å²) >= 11 is 0. The standard InChI is InChI=1S/C10H18N6O/c1-11-8-12-9(15(2)3)14-10(13-8)16-5-4-7(17)6-16/h7,17H,4-6H2,1-3H3,(H,11,12,13,14). The Kier molecular flexibility index (Phi) is 3.28. The molecule has 1 aromatic heterocycles. The van der Waals surface area contributed by atoms with Crippen molar-refractivity contribution < 1.29 is 5.11 Å². The van der Waals surface area contributed by atoms with E-state index in [2.05, 4.69) is 20.3 Å². The van der Waals surface area contributed by atoms with Crippen LogP contribution in [0.25, 0.3) is 0 Å². The molecular formula is C10H18N6O. The van der Waals surface area contributed by atoms with Gasteiger partial charge in [-0.25, -0.2) is 0 Å². The molecule has 1 saturated heterocycles. The minimum absolute atomic E-state index is 0.285. The molecule has 1 aliphatic rings. The Hall–Kier alpha value is -1.63. The highest BCUT2D eigenvalue weighted by Gasteiger charge is 2.23. The first-order valence-electron chi connectivity index (χ1n) is 5.64. The van der Waals surface area contributed by atoms with Gasteiger partial charge in [0.1, 0.15) is 0 Å². The zero-order valence-electron chi connectivity index (χ0n) is 10.4. The van der Waals surface area contributed by atoms with Gasteiger partial charge < -0.3 is 20.2 Å². The highest BCUT2D eigenvalue weighted by Crippen LogP contribution is 2.19. The van der Waals surface area contributed by atoms with Gasteiger partial charge in [-0.05, 0) is 6.42 Å². The third kappa shape index (κ3) is 2.55. The molecule has 7 nitrogen and oxygen atoms in total. The second-order valence-corrected chi connectivity index (χ2v) is 4.29. The molecule has 0 saturated carbocycles. The third-order valence-corrected chi connectivity index (χ3v) is 2.68. The molecule has 0 aromatic carbocycles. The molecule has 2 N–H and O–H groups in total. The fourth-order valence-electron chi connectivity index (χ4n) is 1.73. The molecule has 1 aromatic rings. The Morgan fingerprint density at radius 3 is 2.65 bits per heavy atom. The molecule has 1 atom stereocenters. The zero-order chi connectivity index (χ0) is 12.4. The lowest BCUT2D eigenvalue weighted by molar-refractivity contribution is 0.198. The number of aliphatic hydroxyl groups is 1. The lowest BCUT2D eigenvalue weighted by atomic mass is 10.3. The van der Waals surface area contributed by atoms with Gasteiger partial charge in [0.25, 0.3) is 0 Å². The molecule has 0 radical (unpaired) electrons. The summed E-state index contributed by atoms with van der Waals surface area (Å²) in [6.07, 6.45) is 0.477. The number of nitrogens with zero attached hydrogens (tertiary/aromatic N) is 5. The monoisotopic (exact) mass is 238 g/mol. The van der Waals surface area contributed by atoms with E-state index in [9.17, 15) is 5.11 Å². The lowest BCUT2D eigenvalue weighted by Crippen LogP contribution is -2.25. The van der Waals surface area contributed by atoms with Gasteiger partial charge >= 0.3 is 0 Å². The van der Waals surface area contributed by atoms with Crippen molar-refractivity contribution in [1.82, 2.24) is 15.0 Å². The largest absolute Gasteiger partial charge is 0.391 e. The topological polar surface area (TPSA) is 77.4 Å². The number of aromatic nitrogens is 3. The van der Waals surface area contributed by atoms with Crippen LogP contribution in [0.1, 0.15) is 6.42 Å². The Morgan fingerprint density at radius 2 is 2.12 bits per heavy atom. The van der Waals surface area contributed by atoms with E-state index in [0.717, 1.165) is 13.0 Å². The average Bonchev–Trinajstić information content (AvgIpc) is 2.75. The van der Waals surface area contributed by atoms with Crippen LogP contribution in [0.2, 0.25) is 0 Å². The molecule has 1 aliphatic heterocycles. The number of nitrogens with one attached hydrogen (secondary N) is 1. The maximum Gasteiger partial charge on any atom is 0.232 e. The van der Waals surface area contributed by atoms with E-state index >= 15 is 0 Å². The Labute approximate surface area is 101 Å². The summed E-state index contributed by atoms with van der Waals surface area (Å²) in [5.74, 6) is 1.77. The van der Waals surface area contributed by atoms with Gasteiger partial charge in [-0.2, -0.15) is 15.0 Å². The second-order valence-electron chi connectivity index (χ2n) is 4.29. The number of hydrogen-bond acceptors (Lipinski definition) is 7. The molecule has 1 fully saturated rings. The van der Waals surface area contributed by atoms with Crippen molar-refractivity contribution in [3.05, 3.63) is 0 Å². The van der Waals surface area contributed by atoms with Crippen LogP contribution >= 0.6 is 0 Å². The quantitative estimate of drug-likeness (QED) is 0.738. The van der Waals surface area contributed by atoms with Crippen LogP contribution in [0.4, 0.5) is 17.8 Å². The van der Waals surface area contributed by atoms with Crippen molar-refractivity contribution in [1.29, 1.82) is 0 Å². The SMILES string of the molecule is CNc1nc(N(C)C)nc(N2CCC(O)C2)n1. The van der Waals surface area contributed by atoms with Crippen molar-refractivity contribution >= 4 is 17.8 Å². The van der Waals surface area contributed by atoms with Gasteiger partial charge in [-0.15, -0.1) is 0 Å². The maximum atomic E-state index is 9.53. The first kappa shape index (κ1) is 11.8. The number of anilines is 3. The number of rotatable bonds is 3. The van der Waals surface area contributed by atoms with Gasteiger partial charge in [0.15, 0.2) is 0 Å². The van der Waals surface area contributed by atoms with Gasteiger partial charge in [0.2, 0.25) is 17.8 Å². The predicted molar refractivity (Wildman–Crippen MR) is 66.5 cm³/mol. The van der Waals surface area contributed by atoms with Crippen LogP contribution in [0.3, 0.4) is 0 Å². The van der Waals surface area contributed by atoms with E-state index in [0.29, 0.717) is 24.4 Å². The van der Waals surface area contributed by atoms with Crippen LogP contribution < -0.4 is 15.1 Å². The molecule has 0 amide bonds. The molecule has 17 heavy (non-hydrogen) atoms. The summed E-state index contributed by atoms with van der Waals surface area (Å²) in [7, 11) is 5.55. The maximum absolute atomic E-state index is 9.53. The van der Waals surface area contributed by atoms with E-state index in [4.69, 9.17) is 0 Å². The minimum atomic E-state index is -0.285. The van der Waals surface area contributed by atoms with E-state index < -0.39 is 0 Å². The summed E-state index contributed by atoms with van der Waals surface area (Å²) in [6.45, 7) is 1.36. The molecule has 7 heteroatoms. The van der Waals surface area contributed by atoms with Gasteiger partial charge in [0, 0.05) is 34.2 Å². The first-order valence-corrected chi connectivity index (χ1v) is 5.64. The van der Waals surface area contributed by atoms with Crippen LogP contribution in [0.5, 0.6) is 0 Å². The molecule has 94 valence electrons. The third-order valence-electron chi connectivity index (χ3n) is 2.68. The number of β-amino-alcohol motifs (C(OH)–C–C–N with tert-alkyl or cyclic N) is 1. The molecule has 1 unspecified atom stereocenters. The summed E-state index contributed by atoms with van der Waals surface area (Å²) in [4.78, 5) is 16.7. The Bertz CT molecular complexity index is 396. The fraction of sp³-hybridized carbons (Fsp3) is 0.700. The highest BCUT2D eigenvalue weighted by atomic mass is 16.3. The minimum Gasteiger partial charge on any atom is -0.391 e. The van der Waals surface area contributed by atoms with E-state index in [1.165, 1.54) is 0 Å². The number of aliphatic hydroxyl groups excluding tert-OH is 1. The summed E-state index contributed by atoms with van der Waals surface area (Å²) in [6, 6.07) is 0. The van der Waals surface area contributed by atoms with Crippen molar-refractivity contribution in [2.45, 2.75) is 12.5 Å². The molecule has 0 bridgehead atoms. The summed E-state index contributed by atoms with van der Waals surface area (Å²) in [5, 5.41) is 12.4. The zero-order valence-corrected chi connectivity index (χ0v) is 10.4. The first-order chi connectivity index (χ1) is 8.10. The molecule has 0 spiro atoms. The van der Waals surface area contributed by atoms with E-state index in [1.807, 2.05) is 23.9 Å². The Morgan fingerprint density at radius 1 is 1.35 bits per heavy atom. The smallest absolute Gasteiger partial charge is 0.232 e. The van der Waals surface area contributed by atoms with Crippen molar-refractivity contribution in [2.24, 2.45) is 0 Å². The van der Waals surface area contributed by atoms with Crippen LogP contribution in [-0.2, 0) is 0 Å². The van der Waals surface area contributed by atoms with Crippen LogP contribution in [0, 0.1) is 0 Å². The van der Waals surface area contributed by atoms with Crippen molar-refractivity contribution in [2.75, 3.05) is 49.3 Å². The summed E-state index contributed by atoms with van der Waals surface area (Å²) < 4.78 is 0. The summed E-state index contributed by atoms with van der Waals surface area (Å²) in [5.41, 5.74) is 0. The van der Waals surface area contributed by atoms with Crippen molar-refractivity contribution in [3.8, 4) is 0 Å². The normalized spacial score (nSPS) is 19.5. The number of hydrogen-bond donors (Lipinski definition) is 2. The molecule has 0 aliphatic carbocycles. The highest BCUT2D eigenvalue weighted by molar-refractivity contribution is 5.44. The van der Waals surface area contributed by atoms with E-state index in [-0.39, 0.29) is 6.10 Å². The van der Waals surface area contributed by atoms with Crippen molar-refractivity contribution in [3.63, 3.8) is 0 Å². The lowest BCUT2D eigenvalue weighted by Gasteiger charge is -2.18. The molecular weight excluding hydrogens is 220 g/mol. The fourth-order valence-corrected chi connectivity index (χ4v) is 1.73. The van der Waals surface area contributed by atoms with Gasteiger partial charge in [-0.3, -0.25) is 0 Å². The molecule has 2 heterocycles. The second kappa shape index (κ2) is 4.70.